The molecule has 5 heteroatoms. The fourth-order valence-electron chi connectivity index (χ4n) is 6.35. The Kier molecular flexibility index (Phi) is 5.62. The number of quaternary nitrogens is 1. The molecule has 0 aromatic heterocycles. The third kappa shape index (κ3) is 3.93. The van der Waals surface area contributed by atoms with Gasteiger partial charge in [-0.25, -0.2) is 4.79 Å². The first kappa shape index (κ1) is 22.3. The van der Waals surface area contributed by atoms with Gasteiger partial charge in [-0.15, -0.1) is 0 Å². The lowest BCUT2D eigenvalue weighted by atomic mass is 9.81. The number of ether oxygens (including phenoxy) is 2. The zero-order chi connectivity index (χ0) is 23.9. The van der Waals surface area contributed by atoms with E-state index in [9.17, 15) is 9.90 Å². The van der Waals surface area contributed by atoms with Crippen molar-refractivity contribution in [1.29, 1.82) is 0 Å². The highest BCUT2D eigenvalue weighted by atomic mass is 16.6. The lowest BCUT2D eigenvalue weighted by molar-refractivity contribution is -0.946. The summed E-state index contributed by atoms with van der Waals surface area (Å²) in [5, 5.41) is 11.9. The summed E-state index contributed by atoms with van der Waals surface area (Å²) in [6, 6.07) is 25.0. The Morgan fingerprint density at radius 3 is 2.17 bits per heavy atom. The van der Waals surface area contributed by atoms with E-state index in [1.807, 2.05) is 24.3 Å². The molecule has 3 fully saturated rings. The van der Waals surface area contributed by atoms with Crippen molar-refractivity contribution in [1.82, 2.24) is 0 Å². The molecule has 0 aliphatic carbocycles. The van der Waals surface area contributed by atoms with Gasteiger partial charge in [0.1, 0.15) is 18.0 Å². The van der Waals surface area contributed by atoms with Crippen molar-refractivity contribution >= 4 is 5.97 Å². The van der Waals surface area contributed by atoms with E-state index in [0.29, 0.717) is 28.5 Å². The largest absolute Gasteiger partial charge is 0.457 e. The van der Waals surface area contributed by atoms with Gasteiger partial charge in [-0.3, -0.25) is 0 Å². The van der Waals surface area contributed by atoms with Gasteiger partial charge in [0.05, 0.1) is 19.6 Å². The average Bonchev–Trinajstić information content (AvgIpc) is 2.90. The van der Waals surface area contributed by atoms with Crippen molar-refractivity contribution in [3.8, 4) is 11.5 Å². The van der Waals surface area contributed by atoms with Crippen LogP contribution in [0.15, 0.2) is 78.9 Å². The summed E-state index contributed by atoms with van der Waals surface area (Å²) in [6.45, 7) is 4.23. The number of aryl methyl sites for hydroxylation is 1. The summed E-state index contributed by atoms with van der Waals surface area (Å²) >= 11 is 0. The number of carbonyl (C=O) groups excluding carboxylic acids is 1. The highest BCUT2D eigenvalue weighted by Crippen LogP contribution is 2.48. The van der Waals surface area contributed by atoms with Crippen LogP contribution in [-0.4, -0.2) is 47.8 Å². The van der Waals surface area contributed by atoms with E-state index in [-0.39, 0.29) is 6.10 Å². The van der Waals surface area contributed by atoms with Gasteiger partial charge in [0.25, 0.3) is 0 Å². The molecule has 1 N–H and O–H groups in total. The SMILES string of the molecule is O=C(O[C@H]1C[N+]2(CCCc3ccccc3)CCC1CC2)C1(O)c2ccccc2Oc2ccccc21. The fourth-order valence-corrected chi connectivity index (χ4v) is 6.35. The molecule has 180 valence electrons. The zero-order valence-electron chi connectivity index (χ0n) is 19.9. The van der Waals surface area contributed by atoms with Gasteiger partial charge in [0, 0.05) is 36.3 Å². The first-order valence-corrected chi connectivity index (χ1v) is 12.8. The molecule has 5 nitrogen and oxygen atoms in total. The molecule has 2 bridgehead atoms. The smallest absolute Gasteiger partial charge is 0.348 e. The summed E-state index contributed by atoms with van der Waals surface area (Å²) < 4.78 is 13.2. The van der Waals surface area contributed by atoms with Crippen LogP contribution < -0.4 is 4.74 Å². The summed E-state index contributed by atoms with van der Waals surface area (Å²) in [5.74, 6) is 0.747. The number of carbonyl (C=O) groups is 1. The van der Waals surface area contributed by atoms with Crippen molar-refractivity contribution < 1.29 is 23.9 Å². The molecule has 3 saturated heterocycles. The Balaban J connectivity index is 1.21. The van der Waals surface area contributed by atoms with E-state index in [4.69, 9.17) is 9.47 Å². The number of benzene rings is 3. The van der Waals surface area contributed by atoms with Crippen LogP contribution in [-0.2, 0) is 21.6 Å². The quantitative estimate of drug-likeness (QED) is 0.415. The van der Waals surface area contributed by atoms with Gasteiger partial charge < -0.3 is 19.1 Å². The normalized spacial score (nSPS) is 25.7. The number of esters is 1. The third-order valence-corrected chi connectivity index (χ3v) is 8.31. The van der Waals surface area contributed by atoms with E-state index in [1.54, 1.807) is 24.3 Å². The second-order valence-electron chi connectivity index (χ2n) is 10.4. The number of aliphatic hydroxyl groups is 1. The molecule has 3 aromatic rings. The van der Waals surface area contributed by atoms with Gasteiger partial charge >= 0.3 is 5.97 Å². The van der Waals surface area contributed by atoms with E-state index >= 15 is 0 Å². The van der Waals surface area contributed by atoms with E-state index in [0.717, 1.165) is 56.3 Å². The van der Waals surface area contributed by atoms with Gasteiger partial charge in [0.15, 0.2) is 6.10 Å². The molecule has 1 atom stereocenters. The number of rotatable bonds is 6. The molecule has 4 aliphatic heterocycles. The van der Waals surface area contributed by atoms with Crippen molar-refractivity contribution in [3.63, 3.8) is 0 Å². The Hall–Kier alpha value is -3.15. The van der Waals surface area contributed by atoms with E-state index in [1.165, 1.54) is 5.56 Å². The second kappa shape index (κ2) is 8.81. The van der Waals surface area contributed by atoms with Crippen molar-refractivity contribution in [3.05, 3.63) is 95.6 Å². The number of piperidine rings is 3. The van der Waals surface area contributed by atoms with Crippen LogP contribution in [0.5, 0.6) is 11.5 Å². The van der Waals surface area contributed by atoms with E-state index in [2.05, 4.69) is 30.3 Å². The predicted molar refractivity (Wildman–Crippen MR) is 133 cm³/mol. The van der Waals surface area contributed by atoms with Crippen molar-refractivity contribution in [2.24, 2.45) is 5.92 Å². The first-order valence-electron chi connectivity index (χ1n) is 12.8. The minimum Gasteiger partial charge on any atom is -0.457 e. The van der Waals surface area contributed by atoms with Crippen LogP contribution in [0.25, 0.3) is 0 Å². The number of hydrogen-bond donors (Lipinski definition) is 1. The molecule has 0 unspecified atom stereocenters. The van der Waals surface area contributed by atoms with Crippen LogP contribution in [0.1, 0.15) is 36.0 Å². The number of fused-ring (bicyclic) bond motifs is 5. The Morgan fingerprint density at radius 1 is 0.914 bits per heavy atom. The molecular weight excluding hydrogens is 438 g/mol. The molecule has 35 heavy (non-hydrogen) atoms. The number of nitrogens with zero attached hydrogens (tertiary/aromatic N) is 1. The molecule has 0 spiro atoms. The van der Waals surface area contributed by atoms with Gasteiger partial charge in [-0.05, 0) is 24.1 Å². The third-order valence-electron chi connectivity index (χ3n) is 8.31. The molecular formula is C30H32NO4+. The number of para-hydroxylation sites is 2. The molecule has 3 aromatic carbocycles. The maximum Gasteiger partial charge on any atom is 0.348 e. The first-order chi connectivity index (χ1) is 17.1. The molecule has 4 aliphatic rings. The Bertz CT molecular complexity index is 1170. The van der Waals surface area contributed by atoms with Crippen LogP contribution in [0, 0.1) is 5.92 Å². The molecule has 0 saturated carbocycles. The Morgan fingerprint density at radius 2 is 1.51 bits per heavy atom. The van der Waals surface area contributed by atoms with Gasteiger partial charge in [0.2, 0.25) is 5.60 Å². The van der Waals surface area contributed by atoms with Crippen molar-refractivity contribution in [2.75, 3.05) is 26.2 Å². The maximum atomic E-state index is 13.8. The fraction of sp³-hybridized carbons (Fsp3) is 0.367. The summed E-state index contributed by atoms with van der Waals surface area (Å²) in [6.07, 6.45) is 4.16. The maximum absolute atomic E-state index is 13.8. The second-order valence-corrected chi connectivity index (χ2v) is 10.4. The van der Waals surface area contributed by atoms with Gasteiger partial charge in [-0.1, -0.05) is 66.7 Å². The van der Waals surface area contributed by atoms with Crippen LogP contribution in [0.4, 0.5) is 0 Å². The Labute approximate surface area is 206 Å². The summed E-state index contributed by atoms with van der Waals surface area (Å²) in [4.78, 5) is 13.8. The molecule has 4 heterocycles. The van der Waals surface area contributed by atoms with E-state index < -0.39 is 11.6 Å². The monoisotopic (exact) mass is 470 g/mol. The standard InChI is InChI=1S/C30H32NO4/c32-29(30(33)24-12-4-6-14-26(24)34-27-15-7-5-13-25(27)30)35-28-21-31(19-16-23(28)17-20-31)18-8-11-22-9-2-1-3-10-22/h1-7,9-10,12-15,23,28,33H,8,11,16-21H2/q+1/t23?,28-,31?/m0/s1. The zero-order valence-corrected chi connectivity index (χ0v) is 19.9. The van der Waals surface area contributed by atoms with Gasteiger partial charge in [-0.2, -0.15) is 0 Å². The minimum atomic E-state index is -1.88. The van der Waals surface area contributed by atoms with Crippen LogP contribution in [0.3, 0.4) is 0 Å². The average molecular weight is 471 g/mol. The number of hydrogen-bond acceptors (Lipinski definition) is 4. The topological polar surface area (TPSA) is 55.8 Å². The molecule has 7 rings (SSSR count). The van der Waals surface area contributed by atoms with Crippen molar-refractivity contribution in [2.45, 2.75) is 37.4 Å². The molecule has 0 radical (unpaired) electrons. The lowest BCUT2D eigenvalue weighted by Crippen LogP contribution is -2.65. The predicted octanol–water partition coefficient (Wildman–Crippen LogP) is 4.81. The minimum absolute atomic E-state index is 0.173. The highest BCUT2D eigenvalue weighted by molar-refractivity contribution is 5.88. The summed E-state index contributed by atoms with van der Waals surface area (Å²) in [7, 11) is 0. The highest BCUT2D eigenvalue weighted by Gasteiger charge is 2.52. The lowest BCUT2D eigenvalue weighted by Gasteiger charge is -2.52. The summed E-state index contributed by atoms with van der Waals surface area (Å²) in [5.41, 5.74) is 0.378. The van der Waals surface area contributed by atoms with Crippen LogP contribution >= 0.6 is 0 Å². The van der Waals surface area contributed by atoms with Crippen LogP contribution in [0.2, 0.25) is 0 Å². The molecule has 0 amide bonds.